The summed E-state index contributed by atoms with van der Waals surface area (Å²) < 4.78 is 0. The summed E-state index contributed by atoms with van der Waals surface area (Å²) in [6.07, 6.45) is 0. The van der Waals surface area contributed by atoms with E-state index >= 15 is 0 Å². The van der Waals surface area contributed by atoms with Crippen molar-refractivity contribution in [1.29, 1.82) is 0 Å². The summed E-state index contributed by atoms with van der Waals surface area (Å²) in [5.74, 6) is -0.963. The van der Waals surface area contributed by atoms with Crippen LogP contribution in [0.5, 0.6) is 0 Å². The number of aromatic carboxylic acids is 1. The van der Waals surface area contributed by atoms with Crippen molar-refractivity contribution in [3.8, 4) is 0 Å². The van der Waals surface area contributed by atoms with Crippen LogP contribution in [0.2, 0.25) is 0 Å². The number of aryl methyl sites for hydroxylation is 1. The minimum absolute atomic E-state index is 0.219. The SMILES string of the molecule is Cc1cc(N=Nc2ccccc2)cc(C(=O)O)c1. The predicted molar refractivity (Wildman–Crippen MR) is 68.8 cm³/mol. The summed E-state index contributed by atoms with van der Waals surface area (Å²) in [6, 6.07) is 14.2. The molecule has 0 aliphatic rings. The average Bonchev–Trinajstić information content (AvgIpc) is 2.37. The molecule has 0 spiro atoms. The maximum absolute atomic E-state index is 10.9. The van der Waals surface area contributed by atoms with Crippen molar-refractivity contribution in [2.45, 2.75) is 6.92 Å². The Balaban J connectivity index is 2.29. The molecule has 0 fully saturated rings. The summed E-state index contributed by atoms with van der Waals surface area (Å²) in [5, 5.41) is 17.0. The second-order valence-corrected chi connectivity index (χ2v) is 3.90. The van der Waals surface area contributed by atoms with Gasteiger partial charge in [-0.25, -0.2) is 4.79 Å². The van der Waals surface area contributed by atoms with E-state index in [1.807, 2.05) is 37.3 Å². The van der Waals surface area contributed by atoms with Crippen LogP contribution in [0.3, 0.4) is 0 Å². The zero-order valence-electron chi connectivity index (χ0n) is 9.87. The highest BCUT2D eigenvalue weighted by Gasteiger charge is 2.04. The largest absolute Gasteiger partial charge is 0.478 e. The lowest BCUT2D eigenvalue weighted by Gasteiger charge is -1.99. The van der Waals surface area contributed by atoms with Gasteiger partial charge in [0.1, 0.15) is 0 Å². The first-order valence-electron chi connectivity index (χ1n) is 5.47. The lowest BCUT2D eigenvalue weighted by molar-refractivity contribution is 0.0697. The fourth-order valence-electron chi connectivity index (χ4n) is 1.55. The van der Waals surface area contributed by atoms with Crippen LogP contribution in [-0.4, -0.2) is 11.1 Å². The molecule has 0 aliphatic heterocycles. The molecule has 0 saturated carbocycles. The van der Waals surface area contributed by atoms with Crippen LogP contribution in [0.4, 0.5) is 11.4 Å². The van der Waals surface area contributed by atoms with Gasteiger partial charge in [-0.3, -0.25) is 0 Å². The lowest BCUT2D eigenvalue weighted by atomic mass is 10.1. The summed E-state index contributed by atoms with van der Waals surface area (Å²) in [6.45, 7) is 1.83. The van der Waals surface area contributed by atoms with Gasteiger partial charge in [-0.1, -0.05) is 18.2 Å². The topological polar surface area (TPSA) is 62.0 Å². The van der Waals surface area contributed by atoms with Crippen LogP contribution >= 0.6 is 0 Å². The van der Waals surface area contributed by atoms with E-state index in [-0.39, 0.29) is 5.56 Å². The van der Waals surface area contributed by atoms with E-state index < -0.39 is 5.97 Å². The molecule has 0 amide bonds. The van der Waals surface area contributed by atoms with Crippen molar-refractivity contribution < 1.29 is 9.90 Å². The molecule has 2 aromatic rings. The Labute approximate surface area is 105 Å². The molecule has 0 bridgehead atoms. The maximum atomic E-state index is 10.9. The molecule has 1 N–H and O–H groups in total. The van der Waals surface area contributed by atoms with Gasteiger partial charge in [0.2, 0.25) is 0 Å². The Morgan fingerprint density at radius 2 is 1.67 bits per heavy atom. The molecule has 4 heteroatoms. The molecule has 0 unspecified atom stereocenters. The van der Waals surface area contributed by atoms with Gasteiger partial charge in [-0.15, -0.1) is 0 Å². The molecule has 18 heavy (non-hydrogen) atoms. The summed E-state index contributed by atoms with van der Waals surface area (Å²) >= 11 is 0. The van der Waals surface area contributed by atoms with Crippen LogP contribution in [0, 0.1) is 6.92 Å². The Morgan fingerprint density at radius 1 is 1.00 bits per heavy atom. The second kappa shape index (κ2) is 5.23. The van der Waals surface area contributed by atoms with Gasteiger partial charge in [-0.05, 0) is 42.8 Å². The first kappa shape index (κ1) is 12.0. The number of nitrogens with zero attached hydrogens (tertiary/aromatic N) is 2. The predicted octanol–water partition coefficient (Wildman–Crippen LogP) is 4.11. The van der Waals surface area contributed by atoms with Gasteiger partial charge in [0.25, 0.3) is 0 Å². The number of carbonyl (C=O) groups is 1. The molecule has 0 atom stereocenters. The first-order valence-corrected chi connectivity index (χ1v) is 5.47. The molecule has 0 aliphatic carbocycles. The molecule has 0 radical (unpaired) electrons. The third kappa shape index (κ3) is 3.01. The van der Waals surface area contributed by atoms with Crippen molar-refractivity contribution in [2.24, 2.45) is 10.2 Å². The monoisotopic (exact) mass is 240 g/mol. The molecular formula is C14H12N2O2. The molecule has 0 heterocycles. The molecule has 0 saturated heterocycles. The molecule has 2 aromatic carbocycles. The van der Waals surface area contributed by atoms with E-state index in [0.717, 1.165) is 11.3 Å². The van der Waals surface area contributed by atoms with E-state index in [9.17, 15) is 4.79 Å². The van der Waals surface area contributed by atoms with Crippen molar-refractivity contribution in [3.05, 3.63) is 59.7 Å². The normalized spacial score (nSPS) is 10.7. The van der Waals surface area contributed by atoms with Gasteiger partial charge in [0.15, 0.2) is 0 Å². The van der Waals surface area contributed by atoms with Crippen molar-refractivity contribution in [2.75, 3.05) is 0 Å². The zero-order chi connectivity index (χ0) is 13.0. The van der Waals surface area contributed by atoms with E-state index in [0.29, 0.717) is 5.69 Å². The van der Waals surface area contributed by atoms with Crippen LogP contribution in [0.15, 0.2) is 58.8 Å². The van der Waals surface area contributed by atoms with Gasteiger partial charge in [0.05, 0.1) is 16.9 Å². The molecular weight excluding hydrogens is 228 g/mol. The smallest absolute Gasteiger partial charge is 0.335 e. The Kier molecular flexibility index (Phi) is 3.48. The lowest BCUT2D eigenvalue weighted by Crippen LogP contribution is -1.95. The third-order valence-electron chi connectivity index (χ3n) is 2.35. The fraction of sp³-hybridized carbons (Fsp3) is 0.0714. The number of azo groups is 1. The van der Waals surface area contributed by atoms with Crippen molar-refractivity contribution in [1.82, 2.24) is 0 Å². The minimum Gasteiger partial charge on any atom is -0.478 e. The molecule has 2 rings (SSSR count). The first-order chi connectivity index (χ1) is 8.65. The van der Waals surface area contributed by atoms with Crippen molar-refractivity contribution >= 4 is 17.3 Å². The zero-order valence-corrected chi connectivity index (χ0v) is 9.87. The number of rotatable bonds is 3. The van der Waals surface area contributed by atoms with Crippen LogP contribution in [-0.2, 0) is 0 Å². The highest BCUT2D eigenvalue weighted by atomic mass is 16.4. The van der Waals surface area contributed by atoms with E-state index in [4.69, 9.17) is 5.11 Å². The quantitative estimate of drug-likeness (QED) is 0.820. The highest BCUT2D eigenvalue weighted by Crippen LogP contribution is 2.20. The Morgan fingerprint density at radius 3 is 2.33 bits per heavy atom. The van der Waals surface area contributed by atoms with E-state index in [1.165, 1.54) is 6.07 Å². The number of hydrogen-bond donors (Lipinski definition) is 1. The number of benzene rings is 2. The van der Waals surface area contributed by atoms with Gasteiger partial charge in [-0.2, -0.15) is 10.2 Å². The molecule has 90 valence electrons. The third-order valence-corrected chi connectivity index (χ3v) is 2.35. The maximum Gasteiger partial charge on any atom is 0.335 e. The van der Waals surface area contributed by atoms with E-state index in [1.54, 1.807) is 12.1 Å². The molecule has 4 nitrogen and oxygen atoms in total. The van der Waals surface area contributed by atoms with Gasteiger partial charge < -0.3 is 5.11 Å². The van der Waals surface area contributed by atoms with Gasteiger partial charge >= 0.3 is 5.97 Å². The fourth-order valence-corrected chi connectivity index (χ4v) is 1.55. The van der Waals surface area contributed by atoms with Crippen LogP contribution in [0.25, 0.3) is 0 Å². The average molecular weight is 240 g/mol. The Hall–Kier alpha value is -2.49. The minimum atomic E-state index is -0.963. The molecule has 0 aromatic heterocycles. The van der Waals surface area contributed by atoms with Crippen molar-refractivity contribution in [3.63, 3.8) is 0 Å². The summed E-state index contributed by atoms with van der Waals surface area (Å²) in [5.41, 5.74) is 2.33. The number of carboxylic acid groups (broad SMARTS) is 1. The van der Waals surface area contributed by atoms with Crippen LogP contribution < -0.4 is 0 Å². The number of hydrogen-bond acceptors (Lipinski definition) is 3. The number of carboxylic acids is 1. The Bertz CT molecular complexity index is 592. The highest BCUT2D eigenvalue weighted by molar-refractivity contribution is 5.88. The second-order valence-electron chi connectivity index (χ2n) is 3.90. The van der Waals surface area contributed by atoms with Crippen LogP contribution in [0.1, 0.15) is 15.9 Å². The standard InChI is InChI=1S/C14H12N2O2/c1-10-7-11(14(17)18)9-13(8-10)16-15-12-5-3-2-4-6-12/h2-9H,1H3,(H,17,18). The summed E-state index contributed by atoms with van der Waals surface area (Å²) in [7, 11) is 0. The summed E-state index contributed by atoms with van der Waals surface area (Å²) in [4.78, 5) is 10.9. The van der Waals surface area contributed by atoms with E-state index in [2.05, 4.69) is 10.2 Å². The van der Waals surface area contributed by atoms with Gasteiger partial charge in [0, 0.05) is 0 Å².